The second-order valence-corrected chi connectivity index (χ2v) is 6.29. The van der Waals surface area contributed by atoms with Gasteiger partial charge in [0.2, 0.25) is 5.91 Å². The molecule has 2 aromatic rings. The van der Waals surface area contributed by atoms with Crippen molar-refractivity contribution in [2.24, 2.45) is 5.73 Å². The molecule has 0 spiro atoms. The van der Waals surface area contributed by atoms with Gasteiger partial charge in [-0.25, -0.2) is 4.79 Å². The fourth-order valence-electron chi connectivity index (χ4n) is 2.84. The minimum atomic E-state index is -0.917. The molecule has 0 fully saturated rings. The average Bonchev–Trinajstić information content (AvgIpc) is 2.94. The van der Waals surface area contributed by atoms with Crippen molar-refractivity contribution in [3.63, 3.8) is 0 Å². The molecule has 2 aromatic carbocycles. The van der Waals surface area contributed by atoms with Gasteiger partial charge in [-0.3, -0.25) is 19.8 Å². The molecule has 0 bridgehead atoms. The summed E-state index contributed by atoms with van der Waals surface area (Å²) in [4.78, 5) is 37.9. The van der Waals surface area contributed by atoms with Gasteiger partial charge in [0.1, 0.15) is 6.04 Å². The predicted octanol–water partition coefficient (Wildman–Crippen LogP) is 2.76. The fourth-order valence-corrected chi connectivity index (χ4v) is 3.41. The first-order chi connectivity index (χ1) is 11.9. The number of benzene rings is 2. The number of anilines is 1. The summed E-state index contributed by atoms with van der Waals surface area (Å²) in [5.74, 6) is -1.39. The third-order valence-corrected chi connectivity index (χ3v) is 4.57. The molecule has 0 aliphatic carbocycles. The summed E-state index contributed by atoms with van der Waals surface area (Å²) in [6, 6.07) is 9.92. The van der Waals surface area contributed by atoms with E-state index >= 15 is 0 Å². The lowest BCUT2D eigenvalue weighted by molar-refractivity contribution is -0.121. The van der Waals surface area contributed by atoms with Crippen LogP contribution in [0, 0.1) is 0 Å². The maximum atomic E-state index is 12.6. The topological polar surface area (TPSA) is 92.5 Å². The van der Waals surface area contributed by atoms with Gasteiger partial charge in [0, 0.05) is 12.1 Å². The molecule has 1 aliphatic rings. The molecule has 1 aliphatic heterocycles. The van der Waals surface area contributed by atoms with E-state index in [0.717, 1.165) is 5.56 Å². The van der Waals surface area contributed by atoms with E-state index in [-0.39, 0.29) is 22.0 Å². The van der Waals surface area contributed by atoms with E-state index in [4.69, 9.17) is 28.9 Å². The van der Waals surface area contributed by atoms with Gasteiger partial charge >= 0.3 is 6.03 Å². The largest absolute Gasteiger partial charge is 0.351 e. The van der Waals surface area contributed by atoms with E-state index in [2.05, 4.69) is 5.32 Å². The number of halogens is 2. The van der Waals surface area contributed by atoms with E-state index in [0.29, 0.717) is 5.69 Å². The van der Waals surface area contributed by atoms with Crippen molar-refractivity contribution in [3.05, 3.63) is 63.6 Å². The Labute approximate surface area is 153 Å². The Morgan fingerprint density at radius 2 is 1.68 bits per heavy atom. The van der Waals surface area contributed by atoms with E-state index in [9.17, 15) is 14.4 Å². The minimum Gasteiger partial charge on any atom is -0.351 e. The Bertz CT molecular complexity index is 865. The zero-order chi connectivity index (χ0) is 18.1. The van der Waals surface area contributed by atoms with Crippen LogP contribution in [0.3, 0.4) is 0 Å². The molecule has 0 saturated carbocycles. The summed E-state index contributed by atoms with van der Waals surface area (Å²) < 4.78 is 0. The highest BCUT2D eigenvalue weighted by molar-refractivity contribution is 6.40. The lowest BCUT2D eigenvalue weighted by Gasteiger charge is -2.22. The van der Waals surface area contributed by atoms with E-state index < -0.39 is 23.9 Å². The number of fused-ring (bicyclic) bond motifs is 1. The SMILES string of the molecule is NC(=O)N1c2ccccc2CC1C(=O)NC(=O)c1c(Cl)cccc1Cl. The number of amides is 4. The first kappa shape index (κ1) is 17.3. The van der Waals surface area contributed by atoms with E-state index in [1.807, 2.05) is 0 Å². The number of carbonyl (C=O) groups is 3. The highest BCUT2D eigenvalue weighted by atomic mass is 35.5. The Hall–Kier alpha value is -2.57. The molecular weight excluding hydrogens is 365 g/mol. The quantitative estimate of drug-likeness (QED) is 0.787. The number of nitrogens with zero attached hydrogens (tertiary/aromatic N) is 1. The van der Waals surface area contributed by atoms with Crippen molar-refractivity contribution >= 4 is 46.7 Å². The van der Waals surface area contributed by atoms with Crippen molar-refractivity contribution in [2.45, 2.75) is 12.5 Å². The number of carbonyl (C=O) groups excluding carboxylic acids is 3. The van der Waals surface area contributed by atoms with Gasteiger partial charge in [-0.05, 0) is 23.8 Å². The Balaban J connectivity index is 1.84. The van der Waals surface area contributed by atoms with Gasteiger partial charge in [0.05, 0.1) is 15.6 Å². The molecule has 3 N–H and O–H groups in total. The summed E-state index contributed by atoms with van der Waals surface area (Å²) in [7, 11) is 0. The van der Waals surface area contributed by atoms with Crippen LogP contribution in [0.2, 0.25) is 10.0 Å². The van der Waals surface area contributed by atoms with Crippen LogP contribution >= 0.6 is 23.2 Å². The summed E-state index contributed by atoms with van der Waals surface area (Å²) in [6.07, 6.45) is 0.258. The third-order valence-electron chi connectivity index (χ3n) is 3.94. The van der Waals surface area contributed by atoms with Crippen LogP contribution in [0.4, 0.5) is 10.5 Å². The minimum absolute atomic E-state index is 0.000296. The van der Waals surface area contributed by atoms with Crippen LogP contribution in [0.25, 0.3) is 0 Å². The molecule has 6 nitrogen and oxygen atoms in total. The van der Waals surface area contributed by atoms with E-state index in [1.54, 1.807) is 30.3 Å². The van der Waals surface area contributed by atoms with Crippen LogP contribution < -0.4 is 16.0 Å². The molecule has 25 heavy (non-hydrogen) atoms. The van der Waals surface area contributed by atoms with Gasteiger partial charge in [0.15, 0.2) is 0 Å². The molecule has 3 rings (SSSR count). The molecular formula is C17H13Cl2N3O3. The normalized spacial score (nSPS) is 15.6. The molecule has 1 unspecified atom stereocenters. The highest BCUT2D eigenvalue weighted by Crippen LogP contribution is 2.32. The molecule has 4 amide bonds. The number of imide groups is 1. The fraction of sp³-hybridized carbons (Fsp3) is 0.118. The molecule has 8 heteroatoms. The van der Waals surface area contributed by atoms with Crippen LogP contribution in [0.5, 0.6) is 0 Å². The number of para-hydroxylation sites is 1. The maximum Gasteiger partial charge on any atom is 0.320 e. The Morgan fingerprint density at radius 1 is 1.04 bits per heavy atom. The summed E-state index contributed by atoms with van der Waals surface area (Å²) in [5.41, 5.74) is 6.76. The van der Waals surface area contributed by atoms with Crippen molar-refractivity contribution in [2.75, 3.05) is 4.90 Å². The van der Waals surface area contributed by atoms with Crippen LogP contribution in [-0.2, 0) is 11.2 Å². The number of nitrogens with one attached hydrogen (secondary N) is 1. The number of nitrogens with two attached hydrogens (primary N) is 1. The van der Waals surface area contributed by atoms with Crippen LogP contribution in [0.1, 0.15) is 15.9 Å². The van der Waals surface area contributed by atoms with Gasteiger partial charge in [-0.1, -0.05) is 47.5 Å². The first-order valence-electron chi connectivity index (χ1n) is 7.36. The summed E-state index contributed by atoms with van der Waals surface area (Å²) in [5, 5.41) is 2.49. The molecule has 1 atom stereocenters. The van der Waals surface area contributed by atoms with Crippen molar-refractivity contribution < 1.29 is 14.4 Å². The standard InChI is InChI=1S/C17H13Cl2N3O3/c18-10-5-3-6-11(19)14(10)16(24)21-15(23)13-8-9-4-1-2-7-12(9)22(13)17(20)25/h1-7,13H,8H2,(H2,20,25)(H,21,23,24). The van der Waals surface area contributed by atoms with Crippen LogP contribution in [-0.4, -0.2) is 23.9 Å². The third kappa shape index (κ3) is 3.18. The lowest BCUT2D eigenvalue weighted by atomic mass is 10.1. The monoisotopic (exact) mass is 377 g/mol. The van der Waals surface area contributed by atoms with Gasteiger partial charge in [-0.2, -0.15) is 0 Å². The number of hydrogen-bond donors (Lipinski definition) is 2. The van der Waals surface area contributed by atoms with Crippen molar-refractivity contribution in [1.29, 1.82) is 0 Å². The number of rotatable bonds is 2. The highest BCUT2D eigenvalue weighted by Gasteiger charge is 2.38. The second-order valence-electron chi connectivity index (χ2n) is 5.47. The summed E-state index contributed by atoms with van der Waals surface area (Å²) >= 11 is 12.0. The number of hydrogen-bond acceptors (Lipinski definition) is 3. The van der Waals surface area contributed by atoms with Gasteiger partial charge in [-0.15, -0.1) is 0 Å². The Kier molecular flexibility index (Phi) is 4.65. The smallest absolute Gasteiger partial charge is 0.320 e. The molecule has 0 saturated heterocycles. The molecule has 0 radical (unpaired) electrons. The number of primary amides is 1. The zero-order valence-electron chi connectivity index (χ0n) is 12.8. The average molecular weight is 378 g/mol. The first-order valence-corrected chi connectivity index (χ1v) is 8.11. The van der Waals surface area contributed by atoms with Crippen LogP contribution in [0.15, 0.2) is 42.5 Å². The molecule has 0 aromatic heterocycles. The zero-order valence-corrected chi connectivity index (χ0v) is 14.3. The predicted molar refractivity (Wildman–Crippen MR) is 94.9 cm³/mol. The Morgan fingerprint density at radius 3 is 2.32 bits per heavy atom. The summed E-state index contributed by atoms with van der Waals surface area (Å²) in [6.45, 7) is 0. The molecule has 1 heterocycles. The second kappa shape index (κ2) is 6.74. The van der Waals surface area contributed by atoms with Crippen molar-refractivity contribution in [3.8, 4) is 0 Å². The lowest BCUT2D eigenvalue weighted by Crippen LogP contribution is -2.51. The van der Waals surface area contributed by atoms with E-state index in [1.165, 1.54) is 17.0 Å². The van der Waals surface area contributed by atoms with Gasteiger partial charge < -0.3 is 5.73 Å². The maximum absolute atomic E-state index is 12.6. The number of urea groups is 1. The van der Waals surface area contributed by atoms with Crippen molar-refractivity contribution in [1.82, 2.24) is 5.32 Å². The molecule has 128 valence electrons. The van der Waals surface area contributed by atoms with Gasteiger partial charge in [0.25, 0.3) is 5.91 Å².